The molecule has 0 aliphatic carbocycles. The maximum Gasteiger partial charge on any atom is 0.335 e. The lowest BCUT2D eigenvalue weighted by atomic mass is 10.3. The summed E-state index contributed by atoms with van der Waals surface area (Å²) in [7, 11) is 0. The van der Waals surface area contributed by atoms with Crippen molar-refractivity contribution in [3.05, 3.63) is 12.7 Å². The number of carboxylic acids is 1. The molecule has 0 aliphatic heterocycles. The van der Waals surface area contributed by atoms with Crippen LogP contribution in [0.1, 0.15) is 27.2 Å². The van der Waals surface area contributed by atoms with Crippen LogP contribution in [0.2, 0.25) is 0 Å². The monoisotopic (exact) mass is 276 g/mol. The number of rotatable bonds is 9. The van der Waals surface area contributed by atoms with E-state index in [4.69, 9.17) is 19.3 Å². The smallest absolute Gasteiger partial charge is 0.335 e. The van der Waals surface area contributed by atoms with Gasteiger partial charge >= 0.3 is 11.9 Å². The molecule has 1 atom stereocenters. The Morgan fingerprint density at radius 1 is 1.21 bits per heavy atom. The van der Waals surface area contributed by atoms with E-state index in [1.165, 1.54) is 0 Å². The summed E-state index contributed by atoms with van der Waals surface area (Å²) in [5.41, 5.74) is 0. The molecule has 0 fully saturated rings. The van der Waals surface area contributed by atoms with Gasteiger partial charge in [-0.05, 0) is 20.3 Å². The minimum atomic E-state index is -0.981. The van der Waals surface area contributed by atoms with Crippen LogP contribution in [0.25, 0.3) is 0 Å². The molecule has 0 aromatic heterocycles. The van der Waals surface area contributed by atoms with Gasteiger partial charge in [-0.15, -0.1) is 0 Å². The molecule has 0 radical (unpaired) electrons. The van der Waals surface area contributed by atoms with Crippen molar-refractivity contribution in [3.8, 4) is 0 Å². The van der Waals surface area contributed by atoms with E-state index in [0.29, 0.717) is 32.8 Å². The van der Waals surface area contributed by atoms with Crippen LogP contribution in [0.5, 0.6) is 0 Å². The number of ether oxygens (including phenoxy) is 3. The Morgan fingerprint density at radius 2 is 1.79 bits per heavy atom. The standard InChI is InChI=1S/C10H20O4.C3H4O2/c1-4-9(13-6-3)10(11)14-8-7-12-5-2;1-2-3(4)5/h9H,4-8H2,1-3H3;2H,1H2,(H,4,5). The van der Waals surface area contributed by atoms with Crippen molar-refractivity contribution >= 4 is 11.9 Å². The third-order valence-electron chi connectivity index (χ3n) is 1.85. The van der Waals surface area contributed by atoms with E-state index in [-0.39, 0.29) is 5.97 Å². The highest BCUT2D eigenvalue weighted by molar-refractivity contribution is 5.78. The Labute approximate surface area is 114 Å². The average molecular weight is 276 g/mol. The summed E-state index contributed by atoms with van der Waals surface area (Å²) in [4.78, 5) is 20.6. The topological polar surface area (TPSA) is 82.1 Å². The van der Waals surface area contributed by atoms with Gasteiger partial charge in [0.2, 0.25) is 0 Å². The average Bonchev–Trinajstić information content (AvgIpc) is 2.41. The van der Waals surface area contributed by atoms with E-state index in [9.17, 15) is 9.59 Å². The molecule has 0 spiro atoms. The number of carbonyl (C=O) groups excluding carboxylic acids is 1. The van der Waals surface area contributed by atoms with Gasteiger partial charge in [0.15, 0.2) is 6.10 Å². The predicted octanol–water partition coefficient (Wildman–Crippen LogP) is 1.64. The van der Waals surface area contributed by atoms with Crippen LogP contribution in [0.15, 0.2) is 12.7 Å². The third kappa shape index (κ3) is 14.5. The molecule has 1 N–H and O–H groups in total. The first-order chi connectivity index (χ1) is 9.03. The zero-order chi connectivity index (χ0) is 15.1. The predicted molar refractivity (Wildman–Crippen MR) is 71.0 cm³/mol. The van der Waals surface area contributed by atoms with Crippen LogP contribution in [0.4, 0.5) is 0 Å². The van der Waals surface area contributed by atoms with Gasteiger partial charge in [0.25, 0.3) is 0 Å². The molecular weight excluding hydrogens is 252 g/mol. The lowest BCUT2D eigenvalue weighted by molar-refractivity contribution is -0.158. The number of carboxylic acid groups (broad SMARTS) is 1. The third-order valence-corrected chi connectivity index (χ3v) is 1.85. The van der Waals surface area contributed by atoms with E-state index in [0.717, 1.165) is 6.08 Å². The zero-order valence-electron chi connectivity index (χ0n) is 11.9. The van der Waals surface area contributed by atoms with Gasteiger partial charge in [0.05, 0.1) is 6.61 Å². The highest BCUT2D eigenvalue weighted by Gasteiger charge is 2.17. The van der Waals surface area contributed by atoms with Gasteiger partial charge in [-0.1, -0.05) is 13.5 Å². The molecule has 0 saturated heterocycles. The summed E-state index contributed by atoms with van der Waals surface area (Å²) in [5, 5.41) is 7.60. The van der Waals surface area contributed by atoms with Gasteiger partial charge in [-0.2, -0.15) is 0 Å². The molecule has 6 heteroatoms. The summed E-state index contributed by atoms with van der Waals surface area (Å²) >= 11 is 0. The second-order valence-electron chi connectivity index (χ2n) is 3.26. The van der Waals surface area contributed by atoms with Gasteiger partial charge in [0.1, 0.15) is 6.61 Å². The number of esters is 1. The van der Waals surface area contributed by atoms with Gasteiger partial charge in [0, 0.05) is 19.3 Å². The molecule has 0 aromatic carbocycles. The Bertz CT molecular complexity index is 252. The normalized spacial score (nSPS) is 10.9. The molecule has 1 unspecified atom stereocenters. The van der Waals surface area contributed by atoms with Crippen molar-refractivity contribution in [1.82, 2.24) is 0 Å². The molecule has 0 aromatic rings. The summed E-state index contributed by atoms with van der Waals surface area (Å²) in [6.45, 7) is 10.5. The minimum absolute atomic E-state index is 0.297. The zero-order valence-corrected chi connectivity index (χ0v) is 11.9. The van der Waals surface area contributed by atoms with Crippen molar-refractivity contribution in [1.29, 1.82) is 0 Å². The summed E-state index contributed by atoms with van der Waals surface area (Å²) < 4.78 is 15.2. The van der Waals surface area contributed by atoms with Crippen molar-refractivity contribution < 1.29 is 28.9 Å². The van der Waals surface area contributed by atoms with E-state index < -0.39 is 12.1 Å². The first-order valence-corrected chi connectivity index (χ1v) is 6.24. The molecule has 0 rings (SSSR count). The van der Waals surface area contributed by atoms with Gasteiger partial charge in [-0.3, -0.25) is 0 Å². The molecule has 112 valence electrons. The van der Waals surface area contributed by atoms with Gasteiger partial charge < -0.3 is 19.3 Å². The molecule has 0 saturated carbocycles. The quantitative estimate of drug-likeness (QED) is 0.391. The first-order valence-electron chi connectivity index (χ1n) is 6.24. The van der Waals surface area contributed by atoms with Crippen LogP contribution in [0.3, 0.4) is 0 Å². The Morgan fingerprint density at radius 3 is 2.16 bits per heavy atom. The van der Waals surface area contributed by atoms with E-state index >= 15 is 0 Å². The Balaban J connectivity index is 0. The van der Waals surface area contributed by atoms with Crippen molar-refractivity contribution in [2.75, 3.05) is 26.4 Å². The molecule has 0 bridgehead atoms. The second-order valence-corrected chi connectivity index (χ2v) is 3.26. The highest BCUT2D eigenvalue weighted by Crippen LogP contribution is 2.00. The molecule has 0 heterocycles. The van der Waals surface area contributed by atoms with Crippen molar-refractivity contribution in [2.24, 2.45) is 0 Å². The maximum atomic E-state index is 11.3. The Hall–Kier alpha value is -1.40. The van der Waals surface area contributed by atoms with Crippen LogP contribution >= 0.6 is 0 Å². The number of hydrogen-bond donors (Lipinski definition) is 1. The van der Waals surface area contributed by atoms with Gasteiger partial charge in [-0.25, -0.2) is 9.59 Å². The summed E-state index contributed by atoms with van der Waals surface area (Å²) in [6, 6.07) is 0. The fourth-order valence-electron chi connectivity index (χ4n) is 0.992. The minimum Gasteiger partial charge on any atom is -0.478 e. The lowest BCUT2D eigenvalue weighted by Gasteiger charge is -2.13. The van der Waals surface area contributed by atoms with Crippen molar-refractivity contribution in [3.63, 3.8) is 0 Å². The number of carbonyl (C=O) groups is 2. The van der Waals surface area contributed by atoms with E-state index in [1.54, 1.807) is 0 Å². The van der Waals surface area contributed by atoms with Crippen LogP contribution in [-0.2, 0) is 23.8 Å². The fraction of sp³-hybridized carbons (Fsp3) is 0.692. The number of aliphatic carboxylic acids is 1. The molecule has 6 nitrogen and oxygen atoms in total. The molecule has 19 heavy (non-hydrogen) atoms. The fourth-order valence-corrected chi connectivity index (χ4v) is 0.992. The summed E-state index contributed by atoms with van der Waals surface area (Å²) in [6.07, 6.45) is 1.04. The van der Waals surface area contributed by atoms with Crippen LogP contribution < -0.4 is 0 Å². The molecule has 0 amide bonds. The molecule has 0 aliphatic rings. The van der Waals surface area contributed by atoms with Crippen molar-refractivity contribution in [2.45, 2.75) is 33.3 Å². The van der Waals surface area contributed by atoms with E-state index in [2.05, 4.69) is 6.58 Å². The largest absolute Gasteiger partial charge is 0.478 e. The first kappa shape index (κ1) is 19.9. The molecular formula is C13H24O6. The highest BCUT2D eigenvalue weighted by atomic mass is 16.6. The SMILES string of the molecule is C=CC(=O)O.CCOCCOC(=O)C(CC)OCC. The van der Waals surface area contributed by atoms with Crippen LogP contribution in [0, 0.1) is 0 Å². The van der Waals surface area contributed by atoms with E-state index in [1.807, 2.05) is 20.8 Å². The lowest BCUT2D eigenvalue weighted by Crippen LogP contribution is -2.27. The number of hydrogen-bond acceptors (Lipinski definition) is 5. The maximum absolute atomic E-state index is 11.3. The Kier molecular flexibility index (Phi) is 15.4. The van der Waals surface area contributed by atoms with Crippen LogP contribution in [-0.4, -0.2) is 49.6 Å². The second kappa shape index (κ2) is 14.7. The summed E-state index contributed by atoms with van der Waals surface area (Å²) in [5.74, 6) is -1.28.